The molecule has 1 aliphatic heterocycles. The number of aryl methyl sites for hydroxylation is 2. The van der Waals surface area contributed by atoms with E-state index in [1.165, 1.54) is 0 Å². The van der Waals surface area contributed by atoms with Crippen LogP contribution in [0.5, 0.6) is 0 Å². The minimum atomic E-state index is -0.793. The zero-order chi connectivity index (χ0) is 27.2. The van der Waals surface area contributed by atoms with Crippen molar-refractivity contribution >= 4 is 22.8 Å². The van der Waals surface area contributed by atoms with Gasteiger partial charge in [-0.25, -0.2) is 4.68 Å². The first-order valence-electron chi connectivity index (χ1n) is 13.6. The van der Waals surface area contributed by atoms with E-state index in [0.717, 1.165) is 52.7 Å². The van der Waals surface area contributed by atoms with Crippen LogP contribution in [0.4, 0.5) is 0 Å². The van der Waals surface area contributed by atoms with Gasteiger partial charge in [0, 0.05) is 19.7 Å². The van der Waals surface area contributed by atoms with Crippen molar-refractivity contribution in [3.8, 4) is 0 Å². The lowest BCUT2D eigenvalue weighted by Gasteiger charge is -2.32. The zero-order valence-corrected chi connectivity index (χ0v) is 22.5. The van der Waals surface area contributed by atoms with Gasteiger partial charge < -0.3 is 15.0 Å². The maximum atomic E-state index is 14.0. The van der Waals surface area contributed by atoms with Crippen LogP contribution in [0.2, 0.25) is 0 Å². The van der Waals surface area contributed by atoms with Gasteiger partial charge in [0.2, 0.25) is 11.8 Å². The van der Waals surface area contributed by atoms with Crippen LogP contribution in [0.1, 0.15) is 41.1 Å². The molecule has 2 heterocycles. The Hall–Kier alpha value is -4.04. The number of aromatic nitrogens is 3. The van der Waals surface area contributed by atoms with E-state index < -0.39 is 6.04 Å². The van der Waals surface area contributed by atoms with Crippen molar-refractivity contribution in [3.05, 3.63) is 95.1 Å². The third kappa shape index (κ3) is 6.34. The van der Waals surface area contributed by atoms with E-state index in [9.17, 15) is 9.59 Å². The van der Waals surface area contributed by atoms with Gasteiger partial charge in [-0.3, -0.25) is 9.59 Å². The van der Waals surface area contributed by atoms with Crippen LogP contribution in [0.3, 0.4) is 0 Å². The van der Waals surface area contributed by atoms with E-state index in [-0.39, 0.29) is 24.5 Å². The Morgan fingerprint density at radius 2 is 1.82 bits per heavy atom. The summed E-state index contributed by atoms with van der Waals surface area (Å²) in [6.07, 6.45) is 2.54. The summed E-state index contributed by atoms with van der Waals surface area (Å²) in [5, 5.41) is 11.5. The number of carbonyl (C=O) groups is 2. The zero-order valence-electron chi connectivity index (χ0n) is 22.5. The first-order chi connectivity index (χ1) is 19.0. The van der Waals surface area contributed by atoms with Gasteiger partial charge in [0.1, 0.15) is 18.1 Å². The predicted octanol–water partition coefficient (Wildman–Crippen LogP) is 4.16. The summed E-state index contributed by atoms with van der Waals surface area (Å²) in [5.41, 5.74) is 5.66. The van der Waals surface area contributed by atoms with Crippen molar-refractivity contribution in [2.75, 3.05) is 19.7 Å². The molecule has 1 aliphatic rings. The number of nitrogens with one attached hydrogen (secondary N) is 1. The monoisotopic (exact) mass is 525 g/mol. The van der Waals surface area contributed by atoms with Crippen LogP contribution < -0.4 is 5.32 Å². The van der Waals surface area contributed by atoms with E-state index in [1.807, 2.05) is 67.6 Å². The van der Waals surface area contributed by atoms with Gasteiger partial charge in [0.25, 0.3) is 0 Å². The average Bonchev–Trinajstić information content (AvgIpc) is 3.62. The third-order valence-corrected chi connectivity index (χ3v) is 7.39. The van der Waals surface area contributed by atoms with Gasteiger partial charge in [0.15, 0.2) is 0 Å². The molecule has 8 heteroatoms. The van der Waals surface area contributed by atoms with E-state index >= 15 is 0 Å². The Kier molecular flexibility index (Phi) is 8.32. The van der Waals surface area contributed by atoms with E-state index in [4.69, 9.17) is 4.74 Å². The van der Waals surface area contributed by atoms with E-state index in [1.54, 1.807) is 9.58 Å². The molecular weight excluding hydrogens is 490 g/mol. The average molecular weight is 526 g/mol. The van der Waals surface area contributed by atoms with Crippen molar-refractivity contribution in [3.63, 3.8) is 0 Å². The maximum absolute atomic E-state index is 14.0. The molecule has 1 aromatic heterocycles. The number of ether oxygens (including phenoxy) is 1. The molecule has 0 radical (unpaired) electrons. The largest absolute Gasteiger partial charge is 0.376 e. The van der Waals surface area contributed by atoms with E-state index in [2.05, 4.69) is 34.7 Å². The summed E-state index contributed by atoms with van der Waals surface area (Å²) >= 11 is 0. The van der Waals surface area contributed by atoms with Crippen LogP contribution in [0.15, 0.2) is 72.8 Å². The van der Waals surface area contributed by atoms with Gasteiger partial charge in [-0.05, 0) is 61.9 Å². The summed E-state index contributed by atoms with van der Waals surface area (Å²) in [7, 11) is 0. The van der Waals surface area contributed by atoms with Crippen molar-refractivity contribution in [1.29, 1.82) is 0 Å². The first kappa shape index (κ1) is 26.6. The molecule has 0 spiro atoms. The van der Waals surface area contributed by atoms with Crippen LogP contribution >= 0.6 is 0 Å². The lowest BCUT2D eigenvalue weighted by atomic mass is 10.0. The van der Waals surface area contributed by atoms with Gasteiger partial charge >= 0.3 is 0 Å². The topological polar surface area (TPSA) is 89.4 Å². The highest BCUT2D eigenvalue weighted by atomic mass is 16.5. The lowest BCUT2D eigenvalue weighted by molar-refractivity contribution is -0.141. The molecule has 8 nitrogen and oxygen atoms in total. The summed E-state index contributed by atoms with van der Waals surface area (Å²) < 4.78 is 7.33. The number of rotatable bonds is 10. The molecule has 0 aliphatic carbocycles. The fourth-order valence-corrected chi connectivity index (χ4v) is 5.12. The lowest BCUT2D eigenvalue weighted by Crippen LogP contribution is -2.47. The number of benzene rings is 3. The van der Waals surface area contributed by atoms with Gasteiger partial charge in [-0.2, -0.15) is 0 Å². The number of fused-ring (bicyclic) bond motifs is 1. The minimum Gasteiger partial charge on any atom is -0.376 e. The van der Waals surface area contributed by atoms with Gasteiger partial charge in [-0.1, -0.05) is 71.4 Å². The normalized spacial score (nSPS) is 15.8. The van der Waals surface area contributed by atoms with Crippen molar-refractivity contribution in [2.24, 2.45) is 0 Å². The van der Waals surface area contributed by atoms with Crippen LogP contribution in [0.25, 0.3) is 11.0 Å². The molecule has 202 valence electrons. The SMILES string of the molecule is Cc1ccc([C@H](C(=O)NC[C@H]2CCCO2)N(CCc2ccccc2C)C(=O)Cn2nnc3ccccc32)cc1. The van der Waals surface area contributed by atoms with Gasteiger partial charge in [-0.15, -0.1) is 5.10 Å². The second-order valence-corrected chi connectivity index (χ2v) is 10.2. The summed E-state index contributed by atoms with van der Waals surface area (Å²) in [4.78, 5) is 29.6. The smallest absolute Gasteiger partial charge is 0.247 e. The highest BCUT2D eigenvalue weighted by molar-refractivity contribution is 5.89. The molecule has 3 aromatic carbocycles. The fourth-order valence-electron chi connectivity index (χ4n) is 5.12. The van der Waals surface area contributed by atoms with Crippen LogP contribution in [0, 0.1) is 13.8 Å². The summed E-state index contributed by atoms with van der Waals surface area (Å²) in [5.74, 6) is -0.409. The molecule has 0 saturated carbocycles. The molecule has 4 aromatic rings. The molecule has 0 unspecified atom stereocenters. The second kappa shape index (κ2) is 12.2. The molecule has 5 rings (SSSR count). The molecule has 2 atom stereocenters. The highest BCUT2D eigenvalue weighted by Gasteiger charge is 2.32. The Bertz CT molecular complexity index is 1430. The molecule has 1 N–H and O–H groups in total. The minimum absolute atomic E-state index is 0.00486. The molecule has 0 bridgehead atoms. The highest BCUT2D eigenvalue weighted by Crippen LogP contribution is 2.25. The number of amides is 2. The second-order valence-electron chi connectivity index (χ2n) is 10.2. The van der Waals surface area contributed by atoms with Crippen LogP contribution in [-0.4, -0.2) is 57.5 Å². The first-order valence-corrected chi connectivity index (χ1v) is 13.6. The summed E-state index contributed by atoms with van der Waals surface area (Å²) in [6.45, 7) is 5.57. The fraction of sp³-hybridized carbons (Fsp3) is 0.355. The van der Waals surface area contributed by atoms with Crippen molar-refractivity contribution in [2.45, 2.75) is 51.8 Å². The predicted molar refractivity (Wildman–Crippen MR) is 150 cm³/mol. The number of nitrogens with zero attached hydrogens (tertiary/aromatic N) is 4. The molecule has 1 fully saturated rings. The Morgan fingerprint density at radius 1 is 1.05 bits per heavy atom. The maximum Gasteiger partial charge on any atom is 0.247 e. The standard InChI is InChI=1S/C31H35N5O3/c1-22-13-15-25(16-14-22)30(31(38)32-20-26-10-7-19-39-26)35(18-17-24-9-4-3-8-23(24)2)29(37)21-36-28-12-6-5-11-27(28)33-34-36/h3-6,8-9,11-16,26,30H,7,10,17-21H2,1-2H3,(H,32,38)/t26-,30-/m1/s1. The molecule has 39 heavy (non-hydrogen) atoms. The number of hydrogen-bond acceptors (Lipinski definition) is 5. The Labute approximate surface area is 229 Å². The number of para-hydroxylation sites is 1. The molecular formula is C31H35N5O3. The van der Waals surface area contributed by atoms with Crippen molar-refractivity contribution < 1.29 is 14.3 Å². The molecule has 1 saturated heterocycles. The quantitative estimate of drug-likeness (QED) is 0.336. The van der Waals surface area contributed by atoms with Gasteiger partial charge in [0.05, 0.1) is 11.6 Å². The third-order valence-electron chi connectivity index (χ3n) is 7.39. The van der Waals surface area contributed by atoms with Crippen LogP contribution in [-0.2, 0) is 27.3 Å². The Morgan fingerprint density at radius 3 is 2.59 bits per heavy atom. The van der Waals surface area contributed by atoms with E-state index in [0.29, 0.717) is 19.5 Å². The van der Waals surface area contributed by atoms with Crippen molar-refractivity contribution in [1.82, 2.24) is 25.2 Å². The number of carbonyl (C=O) groups excluding carboxylic acids is 2. The number of hydrogen-bond donors (Lipinski definition) is 1. The molecule has 2 amide bonds. The Balaban J connectivity index is 1.47. The summed E-state index contributed by atoms with van der Waals surface area (Å²) in [6, 6.07) is 22.7.